The summed E-state index contributed by atoms with van der Waals surface area (Å²) < 4.78 is 16.1. The van der Waals surface area contributed by atoms with E-state index in [1.807, 2.05) is 20.8 Å². The van der Waals surface area contributed by atoms with Gasteiger partial charge in [0.2, 0.25) is 0 Å². The van der Waals surface area contributed by atoms with E-state index >= 15 is 0 Å². The van der Waals surface area contributed by atoms with Crippen LogP contribution in [0.1, 0.15) is 45.7 Å². The Morgan fingerprint density at radius 2 is 1.92 bits per heavy atom. The average Bonchev–Trinajstić information content (AvgIpc) is 2.98. The molecule has 0 bridgehead atoms. The Balaban J connectivity index is 0.000000256. The maximum atomic E-state index is 9.60. The molecule has 0 amide bonds. The largest absolute Gasteiger partial charge is 0.494 e. The van der Waals surface area contributed by atoms with Crippen molar-refractivity contribution in [2.75, 3.05) is 13.7 Å². The molecule has 2 aliphatic rings. The molecule has 24 heavy (non-hydrogen) atoms. The summed E-state index contributed by atoms with van der Waals surface area (Å²) in [7, 11) is 1.95. The summed E-state index contributed by atoms with van der Waals surface area (Å²) in [6.45, 7) is 12.8. The summed E-state index contributed by atoms with van der Waals surface area (Å²) in [5.74, 6) is 0. The Bertz CT molecular complexity index is 583. The third-order valence-electron chi connectivity index (χ3n) is 3.79. The first-order valence-corrected chi connectivity index (χ1v) is 8.31. The van der Waals surface area contributed by atoms with Gasteiger partial charge in [-0.1, -0.05) is 18.2 Å². The molecule has 2 aliphatic heterocycles. The number of hydrogen-bond donors (Lipinski definition) is 0. The van der Waals surface area contributed by atoms with Gasteiger partial charge >= 0.3 is 7.12 Å². The monoisotopic (exact) mass is 333 g/mol. The molecular weight excluding hydrogens is 305 g/mol. The van der Waals surface area contributed by atoms with Gasteiger partial charge in [0.05, 0.1) is 12.2 Å². The van der Waals surface area contributed by atoms with E-state index in [-0.39, 0.29) is 18.3 Å². The van der Waals surface area contributed by atoms with Crippen LogP contribution in [-0.4, -0.2) is 43.3 Å². The molecule has 5 nitrogen and oxygen atoms in total. The Kier molecular flexibility index (Phi) is 5.73. The van der Waals surface area contributed by atoms with Gasteiger partial charge in [-0.05, 0) is 58.3 Å². The smallest absolute Gasteiger partial charge is 0.462 e. The zero-order valence-electron chi connectivity index (χ0n) is 15.6. The summed E-state index contributed by atoms with van der Waals surface area (Å²) in [5, 5.41) is 0. The molecule has 132 valence electrons. The second-order valence-electron chi connectivity index (χ2n) is 8.05. The van der Waals surface area contributed by atoms with Crippen LogP contribution < -0.4 is 5.46 Å². The molecule has 0 N–H and O–H groups in total. The molecule has 0 saturated carbocycles. The number of benzene rings is 1. The number of rotatable bonds is 2. The van der Waals surface area contributed by atoms with Crippen molar-refractivity contribution >= 4 is 19.1 Å². The minimum absolute atomic E-state index is 0.166. The van der Waals surface area contributed by atoms with Crippen LogP contribution in [0.4, 0.5) is 0 Å². The van der Waals surface area contributed by atoms with E-state index in [0.29, 0.717) is 13.1 Å². The predicted molar refractivity (Wildman–Crippen MR) is 95.0 cm³/mol. The lowest BCUT2D eigenvalue weighted by Crippen LogP contribution is -2.34. The minimum atomic E-state index is -0.318. The van der Waals surface area contributed by atoms with E-state index in [1.54, 1.807) is 0 Å². The van der Waals surface area contributed by atoms with Crippen LogP contribution >= 0.6 is 0 Å². The first-order chi connectivity index (χ1) is 11.1. The summed E-state index contributed by atoms with van der Waals surface area (Å²) >= 11 is 0. The summed E-state index contributed by atoms with van der Waals surface area (Å²) in [6.07, 6.45) is 0. The van der Waals surface area contributed by atoms with E-state index in [9.17, 15) is 4.79 Å². The highest BCUT2D eigenvalue weighted by Crippen LogP contribution is 2.23. The number of hydrogen-bond acceptors (Lipinski definition) is 5. The van der Waals surface area contributed by atoms with Crippen molar-refractivity contribution in [2.24, 2.45) is 0 Å². The molecular formula is C18H28BNO4. The fourth-order valence-corrected chi connectivity index (χ4v) is 2.67. The van der Waals surface area contributed by atoms with Crippen molar-refractivity contribution in [1.82, 2.24) is 4.90 Å². The quantitative estimate of drug-likeness (QED) is 0.613. The van der Waals surface area contributed by atoms with Gasteiger partial charge in [-0.3, -0.25) is 9.69 Å². The van der Waals surface area contributed by atoms with Crippen LogP contribution in [0.25, 0.3) is 0 Å². The normalized spacial score (nSPS) is 19.5. The Labute approximate surface area is 145 Å². The third-order valence-corrected chi connectivity index (χ3v) is 3.79. The molecule has 0 aromatic heterocycles. The van der Waals surface area contributed by atoms with Crippen molar-refractivity contribution in [3.05, 3.63) is 29.3 Å². The number of carbonyl (C=O) groups excluding carboxylic acids is 1. The van der Waals surface area contributed by atoms with Gasteiger partial charge in [-0.15, -0.1) is 0 Å². The highest BCUT2D eigenvalue weighted by atomic mass is 16.7. The van der Waals surface area contributed by atoms with Gasteiger partial charge in [-0.2, -0.15) is 0 Å². The molecule has 0 atom stereocenters. The SMILES string of the molecule is CC(C)(C)OC=O.CN1Cc2ccc(B3OCC(C)(C)O3)cc2C1. The van der Waals surface area contributed by atoms with Crippen LogP contribution in [0.2, 0.25) is 0 Å². The maximum Gasteiger partial charge on any atom is 0.494 e. The molecule has 1 aromatic rings. The van der Waals surface area contributed by atoms with Crippen LogP contribution in [0.15, 0.2) is 18.2 Å². The first-order valence-electron chi connectivity index (χ1n) is 8.31. The second kappa shape index (κ2) is 7.25. The molecule has 1 aromatic carbocycles. The zero-order valence-corrected chi connectivity index (χ0v) is 15.6. The van der Waals surface area contributed by atoms with E-state index in [1.165, 1.54) is 11.1 Å². The van der Waals surface area contributed by atoms with Gasteiger partial charge in [0.1, 0.15) is 5.60 Å². The van der Waals surface area contributed by atoms with Crippen LogP contribution in [-0.2, 0) is 31.9 Å². The molecule has 0 radical (unpaired) electrons. The fourth-order valence-electron chi connectivity index (χ4n) is 2.67. The lowest BCUT2D eigenvalue weighted by molar-refractivity contribution is -0.138. The lowest BCUT2D eigenvalue weighted by Gasteiger charge is -2.15. The number of carbonyl (C=O) groups is 1. The molecule has 0 unspecified atom stereocenters. The van der Waals surface area contributed by atoms with Crippen molar-refractivity contribution in [3.63, 3.8) is 0 Å². The fraction of sp³-hybridized carbons (Fsp3) is 0.611. The minimum Gasteiger partial charge on any atom is -0.462 e. The molecule has 0 spiro atoms. The van der Waals surface area contributed by atoms with E-state index in [0.717, 1.165) is 18.6 Å². The Morgan fingerprint density at radius 1 is 1.25 bits per heavy atom. The van der Waals surface area contributed by atoms with Gasteiger partial charge in [-0.25, -0.2) is 0 Å². The zero-order chi connectivity index (χ0) is 18.0. The van der Waals surface area contributed by atoms with Crippen molar-refractivity contribution in [2.45, 2.75) is 58.9 Å². The van der Waals surface area contributed by atoms with E-state index < -0.39 is 0 Å². The number of fused-ring (bicyclic) bond motifs is 1. The highest BCUT2D eigenvalue weighted by molar-refractivity contribution is 6.61. The molecule has 1 saturated heterocycles. The average molecular weight is 333 g/mol. The molecule has 3 rings (SSSR count). The van der Waals surface area contributed by atoms with Crippen molar-refractivity contribution in [1.29, 1.82) is 0 Å². The number of ether oxygens (including phenoxy) is 1. The summed E-state index contributed by atoms with van der Waals surface area (Å²) in [5.41, 5.74) is 3.49. The molecule has 1 fully saturated rings. The Hall–Kier alpha value is -1.37. The maximum absolute atomic E-state index is 9.60. The van der Waals surface area contributed by atoms with Crippen molar-refractivity contribution < 1.29 is 18.8 Å². The number of nitrogens with zero attached hydrogens (tertiary/aromatic N) is 1. The van der Waals surface area contributed by atoms with E-state index in [4.69, 9.17) is 9.31 Å². The molecule has 0 aliphatic carbocycles. The van der Waals surface area contributed by atoms with Gasteiger partial charge in [0.25, 0.3) is 6.47 Å². The topological polar surface area (TPSA) is 48.0 Å². The van der Waals surface area contributed by atoms with Crippen molar-refractivity contribution in [3.8, 4) is 0 Å². The Morgan fingerprint density at radius 3 is 2.42 bits per heavy atom. The van der Waals surface area contributed by atoms with Crippen LogP contribution in [0, 0.1) is 0 Å². The summed E-state index contributed by atoms with van der Waals surface area (Å²) in [4.78, 5) is 11.9. The molecule has 2 heterocycles. The summed E-state index contributed by atoms with van der Waals surface area (Å²) in [6, 6.07) is 6.56. The predicted octanol–water partition coefficient (Wildman–Crippen LogP) is 2.11. The highest BCUT2D eigenvalue weighted by Gasteiger charge is 2.38. The second-order valence-corrected chi connectivity index (χ2v) is 8.05. The van der Waals surface area contributed by atoms with E-state index in [2.05, 4.69) is 48.7 Å². The molecule has 6 heteroatoms. The van der Waals surface area contributed by atoms with Gasteiger partial charge in [0, 0.05) is 13.1 Å². The lowest BCUT2D eigenvalue weighted by atomic mass is 9.78. The standard InChI is InChI=1S/C13H18BNO2.C5H10O2/c1-13(2)9-16-14(17-13)12-5-4-10-7-15(3)8-11(10)6-12;1-5(2,3)7-4-6/h4-6H,7-9H2,1-3H3;4H,1-3H3. The van der Waals surface area contributed by atoms with Crippen LogP contribution in [0.3, 0.4) is 0 Å². The third kappa shape index (κ3) is 5.33. The van der Waals surface area contributed by atoms with Gasteiger partial charge in [0.15, 0.2) is 0 Å². The van der Waals surface area contributed by atoms with Gasteiger partial charge < -0.3 is 14.0 Å². The first kappa shape index (κ1) is 19.0. The van der Waals surface area contributed by atoms with Crippen LogP contribution in [0.5, 0.6) is 0 Å².